The van der Waals surface area contributed by atoms with Gasteiger partial charge in [-0.2, -0.15) is 0 Å². The van der Waals surface area contributed by atoms with E-state index in [4.69, 9.17) is 0 Å². The van der Waals surface area contributed by atoms with E-state index in [1.54, 1.807) is 17.0 Å². The van der Waals surface area contributed by atoms with Crippen LogP contribution in [-0.2, 0) is 0 Å². The fraction of sp³-hybridized carbons (Fsp3) is 0.417. The maximum atomic E-state index is 13.7. The lowest BCUT2D eigenvalue weighted by Crippen LogP contribution is -2.51. The van der Waals surface area contributed by atoms with E-state index in [0.717, 1.165) is 6.54 Å². The Morgan fingerprint density at radius 1 is 1.56 bits per heavy atom. The van der Waals surface area contributed by atoms with Crippen molar-refractivity contribution in [2.75, 3.05) is 19.6 Å². The van der Waals surface area contributed by atoms with Crippen LogP contribution in [0.4, 0.5) is 4.39 Å². The number of halogens is 3. The fourth-order valence-corrected chi connectivity index (χ4v) is 2.67. The molecule has 1 atom stereocenters. The molecule has 0 bridgehead atoms. The zero-order chi connectivity index (χ0) is 12.4. The summed E-state index contributed by atoms with van der Waals surface area (Å²) in [5.41, 5.74) is 0.196. The van der Waals surface area contributed by atoms with Crippen LogP contribution in [0, 0.1) is 9.39 Å². The van der Waals surface area contributed by atoms with Gasteiger partial charge in [0, 0.05) is 29.2 Å². The van der Waals surface area contributed by atoms with Gasteiger partial charge in [0.2, 0.25) is 0 Å². The Kier molecular flexibility index (Phi) is 5.81. The molecular weight excluding hydrogens is 370 g/mol. The van der Waals surface area contributed by atoms with Gasteiger partial charge in [-0.3, -0.25) is 4.79 Å². The molecule has 1 aromatic carbocycles. The Morgan fingerprint density at radius 3 is 2.89 bits per heavy atom. The van der Waals surface area contributed by atoms with Crippen molar-refractivity contribution in [1.82, 2.24) is 10.2 Å². The second-order valence-corrected chi connectivity index (χ2v) is 5.37. The van der Waals surface area contributed by atoms with Crippen LogP contribution in [0.25, 0.3) is 0 Å². The molecule has 0 aromatic heterocycles. The number of carbonyl (C=O) groups excluding carboxylic acids is 1. The first-order chi connectivity index (χ1) is 8.09. The van der Waals surface area contributed by atoms with Crippen molar-refractivity contribution in [3.05, 3.63) is 33.1 Å². The van der Waals surface area contributed by atoms with Crippen LogP contribution in [0.15, 0.2) is 18.2 Å². The van der Waals surface area contributed by atoms with E-state index in [-0.39, 0.29) is 29.9 Å². The molecule has 3 nitrogen and oxygen atoms in total. The molecule has 1 fully saturated rings. The molecule has 0 aliphatic carbocycles. The van der Waals surface area contributed by atoms with Crippen molar-refractivity contribution >= 4 is 40.9 Å². The molecule has 1 amide bonds. The monoisotopic (exact) mass is 384 g/mol. The molecule has 2 rings (SSSR count). The molecule has 1 N–H and O–H groups in total. The van der Waals surface area contributed by atoms with E-state index in [0.29, 0.717) is 16.7 Å². The highest BCUT2D eigenvalue weighted by Crippen LogP contribution is 2.18. The van der Waals surface area contributed by atoms with Crippen LogP contribution in [0.5, 0.6) is 0 Å². The number of hydrogen-bond acceptors (Lipinski definition) is 2. The average Bonchev–Trinajstić information content (AvgIpc) is 2.28. The molecule has 0 spiro atoms. The molecule has 1 aliphatic rings. The minimum Gasteiger partial charge on any atom is -0.336 e. The predicted molar refractivity (Wildman–Crippen MR) is 79.7 cm³/mol. The van der Waals surface area contributed by atoms with Crippen LogP contribution in [0.3, 0.4) is 0 Å². The van der Waals surface area contributed by atoms with Gasteiger partial charge in [-0.1, -0.05) is 6.07 Å². The van der Waals surface area contributed by atoms with Crippen molar-refractivity contribution in [1.29, 1.82) is 0 Å². The number of nitrogens with one attached hydrogen (secondary N) is 1. The Bertz CT molecular complexity index is 424. The topological polar surface area (TPSA) is 32.3 Å². The van der Waals surface area contributed by atoms with Crippen LogP contribution in [-0.4, -0.2) is 36.5 Å². The lowest BCUT2D eigenvalue weighted by atomic mass is 10.1. The van der Waals surface area contributed by atoms with E-state index in [1.165, 1.54) is 6.07 Å². The molecule has 6 heteroatoms. The summed E-state index contributed by atoms with van der Waals surface area (Å²) in [6.07, 6.45) is 0. The second kappa shape index (κ2) is 6.68. The smallest absolute Gasteiger partial charge is 0.258 e. The second-order valence-electron chi connectivity index (χ2n) is 4.20. The molecule has 1 saturated heterocycles. The SMILES string of the molecule is CC1CN(C(=O)c2c(F)cccc2I)CCN1.Cl. The molecule has 1 aliphatic heterocycles. The number of amides is 1. The third-order valence-corrected chi connectivity index (χ3v) is 3.73. The van der Waals surface area contributed by atoms with E-state index < -0.39 is 5.82 Å². The van der Waals surface area contributed by atoms with Gasteiger partial charge in [-0.05, 0) is 41.6 Å². The minimum absolute atomic E-state index is 0. The zero-order valence-corrected chi connectivity index (χ0v) is 12.9. The molecule has 1 aromatic rings. The van der Waals surface area contributed by atoms with Crippen molar-refractivity contribution < 1.29 is 9.18 Å². The van der Waals surface area contributed by atoms with Gasteiger partial charge in [-0.15, -0.1) is 12.4 Å². The summed E-state index contributed by atoms with van der Waals surface area (Å²) in [6, 6.07) is 4.97. The van der Waals surface area contributed by atoms with Crippen molar-refractivity contribution in [3.63, 3.8) is 0 Å². The van der Waals surface area contributed by atoms with Gasteiger partial charge in [0.25, 0.3) is 5.91 Å². The summed E-state index contributed by atoms with van der Waals surface area (Å²) in [4.78, 5) is 14.0. The lowest BCUT2D eigenvalue weighted by Gasteiger charge is -2.32. The number of carbonyl (C=O) groups is 1. The molecular formula is C12H15ClFIN2O. The van der Waals surface area contributed by atoms with Gasteiger partial charge in [-0.25, -0.2) is 4.39 Å². The Balaban J connectivity index is 0.00000162. The Hall–Kier alpha value is -0.400. The third kappa shape index (κ3) is 3.33. The van der Waals surface area contributed by atoms with Gasteiger partial charge in [0.1, 0.15) is 5.82 Å². The molecule has 1 unspecified atom stereocenters. The quantitative estimate of drug-likeness (QED) is 0.754. The summed E-state index contributed by atoms with van der Waals surface area (Å²) < 4.78 is 14.4. The molecule has 1 heterocycles. The van der Waals surface area contributed by atoms with Crippen LogP contribution >= 0.6 is 35.0 Å². The first-order valence-electron chi connectivity index (χ1n) is 5.56. The first kappa shape index (κ1) is 15.7. The van der Waals surface area contributed by atoms with Crippen LogP contribution < -0.4 is 5.32 Å². The van der Waals surface area contributed by atoms with Crippen LogP contribution in [0.1, 0.15) is 17.3 Å². The standard InChI is InChI=1S/C12H14FIN2O.ClH/c1-8-7-16(6-5-15-8)12(17)11-9(13)3-2-4-10(11)14;/h2-4,8,15H,5-7H2,1H3;1H. The number of nitrogens with zero attached hydrogens (tertiary/aromatic N) is 1. The summed E-state index contributed by atoms with van der Waals surface area (Å²) >= 11 is 2.00. The van der Waals surface area contributed by atoms with Gasteiger partial charge < -0.3 is 10.2 Å². The molecule has 0 saturated carbocycles. The van der Waals surface area contributed by atoms with Crippen molar-refractivity contribution in [2.24, 2.45) is 0 Å². The van der Waals surface area contributed by atoms with Crippen molar-refractivity contribution in [3.8, 4) is 0 Å². The van der Waals surface area contributed by atoms with Gasteiger partial charge >= 0.3 is 0 Å². The minimum atomic E-state index is -0.437. The summed E-state index contributed by atoms with van der Waals surface area (Å²) in [5.74, 6) is -0.645. The van der Waals surface area contributed by atoms with E-state index in [9.17, 15) is 9.18 Å². The number of piperazine rings is 1. The number of rotatable bonds is 1. The number of benzene rings is 1. The van der Waals surface area contributed by atoms with Gasteiger partial charge in [0.05, 0.1) is 5.56 Å². The highest BCUT2D eigenvalue weighted by Gasteiger charge is 2.25. The zero-order valence-electron chi connectivity index (χ0n) is 9.95. The van der Waals surface area contributed by atoms with Gasteiger partial charge in [0.15, 0.2) is 0 Å². The fourth-order valence-electron chi connectivity index (χ4n) is 1.98. The molecule has 100 valence electrons. The third-order valence-electron chi connectivity index (χ3n) is 2.83. The summed E-state index contributed by atoms with van der Waals surface area (Å²) in [7, 11) is 0. The maximum Gasteiger partial charge on any atom is 0.258 e. The van der Waals surface area contributed by atoms with E-state index >= 15 is 0 Å². The Labute approximate surface area is 126 Å². The molecule has 0 radical (unpaired) electrons. The van der Waals surface area contributed by atoms with E-state index in [1.807, 2.05) is 29.5 Å². The molecule has 18 heavy (non-hydrogen) atoms. The van der Waals surface area contributed by atoms with Crippen molar-refractivity contribution in [2.45, 2.75) is 13.0 Å². The highest BCUT2D eigenvalue weighted by atomic mass is 127. The summed E-state index contributed by atoms with van der Waals surface area (Å²) in [5, 5.41) is 3.26. The van der Waals surface area contributed by atoms with E-state index in [2.05, 4.69) is 5.32 Å². The average molecular weight is 385 g/mol. The lowest BCUT2D eigenvalue weighted by molar-refractivity contribution is 0.0703. The van der Waals surface area contributed by atoms with Crippen LogP contribution in [0.2, 0.25) is 0 Å². The largest absolute Gasteiger partial charge is 0.336 e. The number of hydrogen-bond donors (Lipinski definition) is 1. The normalized spacial score (nSPS) is 19.3. The predicted octanol–water partition coefficient (Wildman–Crippen LogP) is 2.29. The Morgan fingerprint density at radius 2 is 2.28 bits per heavy atom. The highest BCUT2D eigenvalue weighted by molar-refractivity contribution is 14.1. The maximum absolute atomic E-state index is 13.7. The first-order valence-corrected chi connectivity index (χ1v) is 6.64. The summed E-state index contributed by atoms with van der Waals surface area (Å²) in [6.45, 7) is 4.04.